The summed E-state index contributed by atoms with van der Waals surface area (Å²) in [6.07, 6.45) is 1.14. The summed E-state index contributed by atoms with van der Waals surface area (Å²) in [6, 6.07) is 0.445. The molecular weight excluding hydrogens is 152 g/mol. The zero-order valence-corrected chi connectivity index (χ0v) is 8.47. The molecule has 0 rings (SSSR count). The summed E-state index contributed by atoms with van der Waals surface area (Å²) in [7, 11) is 1.71. The zero-order chi connectivity index (χ0) is 9.40. The summed E-state index contributed by atoms with van der Waals surface area (Å²) in [5.74, 6) is 0.702. The van der Waals surface area contributed by atoms with Gasteiger partial charge in [0.2, 0.25) is 0 Å². The van der Waals surface area contributed by atoms with Gasteiger partial charge in [0.25, 0.3) is 0 Å². The van der Waals surface area contributed by atoms with Gasteiger partial charge in [-0.05, 0) is 12.3 Å². The molecule has 1 atom stereocenters. The van der Waals surface area contributed by atoms with E-state index in [1.54, 1.807) is 7.11 Å². The van der Waals surface area contributed by atoms with E-state index in [9.17, 15) is 0 Å². The van der Waals surface area contributed by atoms with Gasteiger partial charge in [-0.25, -0.2) is 0 Å². The number of hydrogen-bond donors (Lipinski definition) is 2. The predicted molar refractivity (Wildman–Crippen MR) is 52.2 cm³/mol. The van der Waals surface area contributed by atoms with Crippen molar-refractivity contribution in [2.24, 2.45) is 11.7 Å². The summed E-state index contributed by atoms with van der Waals surface area (Å²) >= 11 is 0. The van der Waals surface area contributed by atoms with E-state index in [2.05, 4.69) is 19.2 Å². The van der Waals surface area contributed by atoms with Crippen LogP contribution in [-0.2, 0) is 4.74 Å². The number of ether oxygens (including phenoxy) is 1. The largest absolute Gasteiger partial charge is 0.383 e. The molecule has 0 radical (unpaired) electrons. The highest BCUT2D eigenvalue weighted by molar-refractivity contribution is 4.68. The molecule has 0 heterocycles. The molecule has 0 saturated heterocycles. The third kappa shape index (κ3) is 6.58. The highest BCUT2D eigenvalue weighted by atomic mass is 16.5. The van der Waals surface area contributed by atoms with Crippen LogP contribution >= 0.6 is 0 Å². The van der Waals surface area contributed by atoms with Gasteiger partial charge in [-0.2, -0.15) is 0 Å². The van der Waals surface area contributed by atoms with Gasteiger partial charge in [0, 0.05) is 26.2 Å². The summed E-state index contributed by atoms with van der Waals surface area (Å²) in [6.45, 7) is 6.78. The topological polar surface area (TPSA) is 47.3 Å². The fourth-order valence-corrected chi connectivity index (χ4v) is 1.20. The molecule has 0 aliphatic heterocycles. The van der Waals surface area contributed by atoms with Crippen LogP contribution in [0.3, 0.4) is 0 Å². The summed E-state index contributed by atoms with van der Waals surface area (Å²) in [5, 5.41) is 3.35. The van der Waals surface area contributed by atoms with Crippen LogP contribution < -0.4 is 11.1 Å². The van der Waals surface area contributed by atoms with E-state index in [0.29, 0.717) is 18.5 Å². The second-order valence-corrected chi connectivity index (χ2v) is 3.51. The van der Waals surface area contributed by atoms with Crippen LogP contribution in [0.15, 0.2) is 0 Å². The molecule has 0 amide bonds. The van der Waals surface area contributed by atoms with Gasteiger partial charge in [0.1, 0.15) is 0 Å². The maximum absolute atomic E-state index is 5.60. The van der Waals surface area contributed by atoms with Crippen molar-refractivity contribution in [1.82, 2.24) is 5.32 Å². The van der Waals surface area contributed by atoms with Gasteiger partial charge in [-0.3, -0.25) is 0 Å². The van der Waals surface area contributed by atoms with Crippen LogP contribution in [0.4, 0.5) is 0 Å². The molecule has 0 spiro atoms. The van der Waals surface area contributed by atoms with E-state index >= 15 is 0 Å². The summed E-state index contributed by atoms with van der Waals surface area (Å²) < 4.78 is 4.94. The van der Waals surface area contributed by atoms with Crippen molar-refractivity contribution in [2.75, 3.05) is 26.8 Å². The Morgan fingerprint density at radius 2 is 2.08 bits per heavy atom. The Morgan fingerprint density at radius 3 is 2.50 bits per heavy atom. The normalized spacial score (nSPS) is 13.8. The molecule has 0 aliphatic carbocycles. The minimum atomic E-state index is 0.445. The van der Waals surface area contributed by atoms with Gasteiger partial charge in [0.15, 0.2) is 0 Å². The first-order valence-corrected chi connectivity index (χ1v) is 4.63. The molecule has 0 saturated carbocycles. The second kappa shape index (κ2) is 7.53. The number of nitrogens with one attached hydrogen (secondary N) is 1. The number of methoxy groups -OCH3 is 1. The van der Waals surface area contributed by atoms with Crippen LogP contribution in [0.5, 0.6) is 0 Å². The van der Waals surface area contributed by atoms with Crippen molar-refractivity contribution in [3.05, 3.63) is 0 Å². The third-order valence-electron chi connectivity index (χ3n) is 1.78. The molecule has 3 N–H and O–H groups in total. The molecule has 0 bridgehead atoms. The van der Waals surface area contributed by atoms with Crippen LogP contribution in [0.2, 0.25) is 0 Å². The van der Waals surface area contributed by atoms with E-state index in [1.165, 1.54) is 0 Å². The molecule has 0 aromatic carbocycles. The highest BCUT2D eigenvalue weighted by Gasteiger charge is 2.06. The molecule has 74 valence electrons. The Balaban J connectivity index is 3.39. The van der Waals surface area contributed by atoms with Crippen LogP contribution in [0, 0.1) is 5.92 Å². The van der Waals surface area contributed by atoms with E-state index in [4.69, 9.17) is 10.5 Å². The van der Waals surface area contributed by atoms with Crippen molar-refractivity contribution in [2.45, 2.75) is 26.3 Å². The first-order valence-electron chi connectivity index (χ1n) is 4.63. The first kappa shape index (κ1) is 11.9. The van der Waals surface area contributed by atoms with Crippen molar-refractivity contribution in [3.63, 3.8) is 0 Å². The summed E-state index contributed by atoms with van der Waals surface area (Å²) in [5.41, 5.74) is 5.60. The fourth-order valence-electron chi connectivity index (χ4n) is 1.20. The molecular formula is C9H22N2O. The van der Waals surface area contributed by atoms with E-state index in [-0.39, 0.29) is 0 Å². The van der Waals surface area contributed by atoms with Crippen molar-refractivity contribution in [3.8, 4) is 0 Å². The van der Waals surface area contributed by atoms with Crippen LogP contribution in [0.1, 0.15) is 20.3 Å². The fraction of sp³-hybridized carbons (Fsp3) is 1.00. The highest BCUT2D eigenvalue weighted by Crippen LogP contribution is 2.02. The minimum absolute atomic E-state index is 0.445. The van der Waals surface area contributed by atoms with E-state index in [1.807, 2.05) is 0 Å². The number of hydrogen-bond acceptors (Lipinski definition) is 3. The molecule has 0 aliphatic rings. The second-order valence-electron chi connectivity index (χ2n) is 3.51. The Bertz CT molecular complexity index is 96.5. The lowest BCUT2D eigenvalue weighted by molar-refractivity contribution is 0.194. The maximum atomic E-state index is 5.60. The van der Waals surface area contributed by atoms with Gasteiger partial charge in [-0.15, -0.1) is 0 Å². The summed E-state index contributed by atoms with van der Waals surface area (Å²) in [4.78, 5) is 0. The standard InChI is InChI=1S/C9H22N2O/c1-8(2)6-9(7-10)11-4-5-12-3/h8-9,11H,4-7,10H2,1-3H3. The van der Waals surface area contributed by atoms with Crippen molar-refractivity contribution >= 4 is 0 Å². The molecule has 1 unspecified atom stereocenters. The maximum Gasteiger partial charge on any atom is 0.0587 e. The average Bonchev–Trinajstić information content (AvgIpc) is 2.02. The Morgan fingerprint density at radius 1 is 1.42 bits per heavy atom. The van der Waals surface area contributed by atoms with Crippen LogP contribution in [0.25, 0.3) is 0 Å². The smallest absolute Gasteiger partial charge is 0.0587 e. The molecule has 0 aromatic rings. The Kier molecular flexibility index (Phi) is 7.45. The molecule has 3 heteroatoms. The lowest BCUT2D eigenvalue weighted by atomic mass is 10.0. The molecule has 12 heavy (non-hydrogen) atoms. The lowest BCUT2D eigenvalue weighted by Gasteiger charge is -2.18. The van der Waals surface area contributed by atoms with Crippen LogP contribution in [-0.4, -0.2) is 32.8 Å². The quantitative estimate of drug-likeness (QED) is 0.555. The molecule has 0 fully saturated rings. The van der Waals surface area contributed by atoms with Crippen molar-refractivity contribution in [1.29, 1.82) is 0 Å². The minimum Gasteiger partial charge on any atom is -0.383 e. The monoisotopic (exact) mass is 174 g/mol. The lowest BCUT2D eigenvalue weighted by Crippen LogP contribution is -2.38. The average molecular weight is 174 g/mol. The van der Waals surface area contributed by atoms with Gasteiger partial charge >= 0.3 is 0 Å². The van der Waals surface area contributed by atoms with E-state index in [0.717, 1.165) is 19.6 Å². The molecule has 3 nitrogen and oxygen atoms in total. The van der Waals surface area contributed by atoms with Crippen molar-refractivity contribution < 1.29 is 4.74 Å². The van der Waals surface area contributed by atoms with Gasteiger partial charge in [-0.1, -0.05) is 13.8 Å². The first-order chi connectivity index (χ1) is 5.70. The SMILES string of the molecule is COCCNC(CN)CC(C)C. The molecule has 0 aromatic heterocycles. The van der Waals surface area contributed by atoms with E-state index < -0.39 is 0 Å². The van der Waals surface area contributed by atoms with Gasteiger partial charge < -0.3 is 15.8 Å². The number of rotatable bonds is 7. The predicted octanol–water partition coefficient (Wildman–Crippen LogP) is 0.596. The Labute approximate surface area is 75.7 Å². The Hall–Kier alpha value is -0.120. The third-order valence-corrected chi connectivity index (χ3v) is 1.78. The zero-order valence-electron chi connectivity index (χ0n) is 8.47. The van der Waals surface area contributed by atoms with Gasteiger partial charge in [0.05, 0.1) is 6.61 Å². The number of nitrogens with two attached hydrogens (primary N) is 1.